The van der Waals surface area contributed by atoms with E-state index < -0.39 is 5.82 Å². The fraction of sp³-hybridized carbons (Fsp3) is 0.400. The molecule has 3 N–H and O–H groups in total. The summed E-state index contributed by atoms with van der Waals surface area (Å²) < 4.78 is 13.3. The van der Waals surface area contributed by atoms with Gasteiger partial charge >= 0.3 is 0 Å². The summed E-state index contributed by atoms with van der Waals surface area (Å²) in [6, 6.07) is 4.03. The van der Waals surface area contributed by atoms with Gasteiger partial charge in [0.2, 0.25) is 0 Å². The average molecular weight is 292 g/mol. The van der Waals surface area contributed by atoms with E-state index in [0.29, 0.717) is 17.4 Å². The van der Waals surface area contributed by atoms with Crippen LogP contribution in [0.2, 0.25) is 0 Å². The molecule has 1 heterocycles. The molecule has 5 heteroatoms. The first-order chi connectivity index (χ1) is 9.70. The van der Waals surface area contributed by atoms with Gasteiger partial charge in [0.25, 0.3) is 5.91 Å². The van der Waals surface area contributed by atoms with Gasteiger partial charge in [-0.2, -0.15) is 11.8 Å². The number of rotatable bonds is 3. The number of benzene rings is 1. The lowest BCUT2D eigenvalue weighted by Crippen LogP contribution is -2.30. The number of carbonyl (C=O) groups is 1. The van der Waals surface area contributed by atoms with E-state index in [1.807, 2.05) is 11.8 Å². The highest BCUT2D eigenvalue weighted by Crippen LogP contribution is 2.25. The zero-order valence-electron chi connectivity index (χ0n) is 11.1. The minimum absolute atomic E-state index is 0.206. The van der Waals surface area contributed by atoms with Crippen LogP contribution in [0.3, 0.4) is 0 Å². The Morgan fingerprint density at radius 2 is 2.40 bits per heavy atom. The zero-order chi connectivity index (χ0) is 14.4. The summed E-state index contributed by atoms with van der Waals surface area (Å²) in [4.78, 5) is 12.2. The third kappa shape index (κ3) is 3.99. The molecule has 1 saturated heterocycles. The number of nitrogens with two attached hydrogens (primary N) is 1. The second-order valence-electron chi connectivity index (χ2n) is 4.54. The van der Waals surface area contributed by atoms with Crippen LogP contribution in [0, 0.1) is 17.7 Å². The maximum atomic E-state index is 13.3. The number of thioether (sulfide) groups is 1. The van der Waals surface area contributed by atoms with Crippen LogP contribution in [0.5, 0.6) is 0 Å². The van der Waals surface area contributed by atoms with Gasteiger partial charge in [-0.3, -0.25) is 4.79 Å². The molecule has 0 aromatic heterocycles. The van der Waals surface area contributed by atoms with Gasteiger partial charge in [-0.1, -0.05) is 11.8 Å². The van der Waals surface area contributed by atoms with E-state index in [9.17, 15) is 9.18 Å². The van der Waals surface area contributed by atoms with Crippen LogP contribution >= 0.6 is 11.8 Å². The molecule has 2 rings (SSSR count). The maximum Gasteiger partial charge on any atom is 0.252 e. The molecule has 106 valence electrons. The highest BCUT2D eigenvalue weighted by molar-refractivity contribution is 8.00. The Labute approximate surface area is 122 Å². The summed E-state index contributed by atoms with van der Waals surface area (Å²) >= 11 is 1.87. The predicted octanol–water partition coefficient (Wildman–Crippen LogP) is 1.76. The fourth-order valence-corrected chi connectivity index (χ4v) is 3.27. The highest BCUT2D eigenvalue weighted by Gasteiger charge is 2.18. The number of carbonyl (C=O) groups excluding carboxylic acids is 1. The van der Waals surface area contributed by atoms with E-state index in [2.05, 4.69) is 17.2 Å². The van der Waals surface area contributed by atoms with Crippen molar-refractivity contribution in [2.45, 2.75) is 18.1 Å². The maximum absolute atomic E-state index is 13.3. The molecular formula is C15H17FN2OS. The van der Waals surface area contributed by atoms with Gasteiger partial charge < -0.3 is 11.1 Å². The molecule has 1 aliphatic heterocycles. The van der Waals surface area contributed by atoms with Gasteiger partial charge in [-0.05, 0) is 36.8 Å². The lowest BCUT2D eigenvalue weighted by Gasteiger charge is -2.11. The van der Waals surface area contributed by atoms with E-state index in [4.69, 9.17) is 5.73 Å². The van der Waals surface area contributed by atoms with Crippen molar-refractivity contribution in [1.29, 1.82) is 0 Å². The molecule has 1 aromatic carbocycles. The Kier molecular flexibility index (Phi) is 5.45. The summed E-state index contributed by atoms with van der Waals surface area (Å²) in [5.41, 5.74) is 6.10. The topological polar surface area (TPSA) is 55.1 Å². The molecule has 1 aromatic rings. The fourth-order valence-electron chi connectivity index (χ4n) is 2.07. The van der Waals surface area contributed by atoms with Crippen molar-refractivity contribution in [3.8, 4) is 11.8 Å². The Balaban J connectivity index is 2.08. The molecule has 0 saturated carbocycles. The van der Waals surface area contributed by atoms with Crippen LogP contribution < -0.4 is 11.1 Å². The first-order valence-electron chi connectivity index (χ1n) is 6.59. The smallest absolute Gasteiger partial charge is 0.252 e. The van der Waals surface area contributed by atoms with Gasteiger partial charge in [0, 0.05) is 17.4 Å². The van der Waals surface area contributed by atoms with Crippen LogP contribution in [0.4, 0.5) is 4.39 Å². The van der Waals surface area contributed by atoms with Crippen molar-refractivity contribution in [3.63, 3.8) is 0 Å². The van der Waals surface area contributed by atoms with Crippen molar-refractivity contribution in [1.82, 2.24) is 5.32 Å². The van der Waals surface area contributed by atoms with E-state index in [1.54, 1.807) is 0 Å². The number of hydrogen-bond donors (Lipinski definition) is 2. The molecule has 1 amide bonds. The molecule has 0 spiro atoms. The molecule has 1 aliphatic rings. The summed E-state index contributed by atoms with van der Waals surface area (Å²) in [7, 11) is 0. The summed E-state index contributed by atoms with van der Waals surface area (Å²) in [5.74, 6) is 5.92. The number of amides is 1. The predicted molar refractivity (Wildman–Crippen MR) is 80.1 cm³/mol. The minimum atomic E-state index is -0.441. The molecule has 1 unspecified atom stereocenters. The molecular weight excluding hydrogens is 275 g/mol. The standard InChI is InChI=1S/C15H17FN2OS/c16-12-6-5-11(3-1-7-17)14(9-12)15(19)18-10-13-4-2-8-20-13/h5-6,9,13H,2,4,7-8,10,17H2,(H,18,19). The van der Waals surface area contributed by atoms with Crippen molar-refractivity contribution in [2.75, 3.05) is 18.8 Å². The van der Waals surface area contributed by atoms with Crippen LogP contribution in [0.1, 0.15) is 28.8 Å². The van der Waals surface area contributed by atoms with Crippen molar-refractivity contribution >= 4 is 17.7 Å². The van der Waals surface area contributed by atoms with Gasteiger partial charge in [0.15, 0.2) is 0 Å². The lowest BCUT2D eigenvalue weighted by molar-refractivity contribution is 0.0953. The molecule has 3 nitrogen and oxygen atoms in total. The van der Waals surface area contributed by atoms with Gasteiger partial charge in [0.1, 0.15) is 5.82 Å². The van der Waals surface area contributed by atoms with Crippen LogP contribution in [-0.2, 0) is 0 Å². The first-order valence-corrected chi connectivity index (χ1v) is 7.64. The Bertz CT molecular complexity index is 545. The van der Waals surface area contributed by atoms with E-state index in [1.165, 1.54) is 24.6 Å². The van der Waals surface area contributed by atoms with E-state index >= 15 is 0 Å². The second kappa shape index (κ2) is 7.32. The summed E-state index contributed by atoms with van der Waals surface area (Å²) in [5, 5.41) is 3.32. The van der Waals surface area contributed by atoms with Crippen molar-refractivity contribution in [3.05, 3.63) is 35.1 Å². The molecule has 0 bridgehead atoms. The molecule has 1 fully saturated rings. The Morgan fingerprint density at radius 1 is 1.55 bits per heavy atom. The minimum Gasteiger partial charge on any atom is -0.351 e. The third-order valence-corrected chi connectivity index (χ3v) is 4.46. The van der Waals surface area contributed by atoms with E-state index in [-0.39, 0.29) is 18.0 Å². The van der Waals surface area contributed by atoms with Gasteiger partial charge in [-0.15, -0.1) is 0 Å². The number of hydrogen-bond acceptors (Lipinski definition) is 3. The molecule has 0 aliphatic carbocycles. The Morgan fingerprint density at radius 3 is 3.10 bits per heavy atom. The molecule has 20 heavy (non-hydrogen) atoms. The average Bonchev–Trinajstić information content (AvgIpc) is 2.96. The van der Waals surface area contributed by atoms with Crippen LogP contribution in [-0.4, -0.2) is 30.0 Å². The quantitative estimate of drug-likeness (QED) is 0.835. The first kappa shape index (κ1) is 14.9. The third-order valence-electron chi connectivity index (χ3n) is 3.07. The largest absolute Gasteiger partial charge is 0.351 e. The summed E-state index contributed by atoms with van der Waals surface area (Å²) in [6.07, 6.45) is 2.31. The lowest BCUT2D eigenvalue weighted by atomic mass is 10.1. The van der Waals surface area contributed by atoms with Gasteiger partial charge in [0.05, 0.1) is 12.1 Å². The normalized spacial score (nSPS) is 17.4. The highest BCUT2D eigenvalue weighted by atomic mass is 32.2. The number of halogens is 1. The van der Waals surface area contributed by atoms with E-state index in [0.717, 1.165) is 12.2 Å². The summed E-state index contributed by atoms with van der Waals surface area (Å²) in [6.45, 7) is 0.820. The van der Waals surface area contributed by atoms with Gasteiger partial charge in [-0.25, -0.2) is 4.39 Å². The van der Waals surface area contributed by atoms with Crippen molar-refractivity contribution in [2.24, 2.45) is 5.73 Å². The molecule has 0 radical (unpaired) electrons. The van der Waals surface area contributed by atoms with Crippen LogP contribution in [0.25, 0.3) is 0 Å². The molecule has 1 atom stereocenters. The van der Waals surface area contributed by atoms with Crippen molar-refractivity contribution < 1.29 is 9.18 Å². The monoisotopic (exact) mass is 292 g/mol. The zero-order valence-corrected chi connectivity index (χ0v) is 11.9. The Hall–Kier alpha value is -1.51. The van der Waals surface area contributed by atoms with Crippen LogP contribution in [0.15, 0.2) is 18.2 Å². The SMILES string of the molecule is NCC#Cc1ccc(F)cc1C(=O)NCC1CCCS1. The number of nitrogens with one attached hydrogen (secondary N) is 1. The second-order valence-corrected chi connectivity index (χ2v) is 5.95.